The third kappa shape index (κ3) is 6.20. The van der Waals surface area contributed by atoms with E-state index < -0.39 is 5.97 Å². The number of rotatable bonds is 9. The highest BCUT2D eigenvalue weighted by Gasteiger charge is 2.15. The van der Waals surface area contributed by atoms with E-state index in [0.717, 1.165) is 25.9 Å². The van der Waals surface area contributed by atoms with Gasteiger partial charge in [0.05, 0.1) is 0 Å². The number of carbonyl (C=O) groups is 1. The molecule has 0 amide bonds. The van der Waals surface area contributed by atoms with E-state index >= 15 is 0 Å². The van der Waals surface area contributed by atoms with E-state index in [2.05, 4.69) is 32.6 Å². The topological polar surface area (TPSA) is 40.5 Å². The van der Waals surface area contributed by atoms with Gasteiger partial charge in [0.1, 0.15) is 0 Å². The zero-order valence-electron chi connectivity index (χ0n) is 12.6. The van der Waals surface area contributed by atoms with Gasteiger partial charge in [0.15, 0.2) is 0 Å². The number of carboxylic acids is 1. The molecular weight excluding hydrogens is 226 g/mol. The average Bonchev–Trinajstić information content (AvgIpc) is 2.29. The van der Waals surface area contributed by atoms with Gasteiger partial charge < -0.3 is 5.11 Å². The molecule has 0 aliphatic rings. The third-order valence-corrected chi connectivity index (χ3v) is 3.29. The van der Waals surface area contributed by atoms with Gasteiger partial charge >= 0.3 is 5.97 Å². The maximum absolute atomic E-state index is 11.0. The first-order valence-electron chi connectivity index (χ1n) is 7.12. The molecule has 0 heterocycles. The van der Waals surface area contributed by atoms with E-state index in [9.17, 15) is 4.79 Å². The summed E-state index contributed by atoms with van der Waals surface area (Å²) in [6, 6.07) is 0.551. The summed E-state index contributed by atoms with van der Waals surface area (Å²) < 4.78 is 0. The molecule has 18 heavy (non-hydrogen) atoms. The van der Waals surface area contributed by atoms with Crippen molar-refractivity contribution in [3.05, 3.63) is 11.6 Å². The molecular formula is C15H29NO2. The maximum Gasteiger partial charge on any atom is 0.331 e. The Morgan fingerprint density at radius 1 is 1.22 bits per heavy atom. The summed E-state index contributed by atoms with van der Waals surface area (Å²) >= 11 is 0. The van der Waals surface area contributed by atoms with Crippen molar-refractivity contribution in [2.24, 2.45) is 5.92 Å². The zero-order chi connectivity index (χ0) is 14.1. The van der Waals surface area contributed by atoms with Crippen molar-refractivity contribution in [2.75, 3.05) is 13.1 Å². The van der Waals surface area contributed by atoms with Crippen molar-refractivity contribution in [3.63, 3.8) is 0 Å². The number of nitrogens with zero attached hydrogens (tertiary/aromatic N) is 1. The first kappa shape index (κ1) is 17.2. The number of carboxylic acid groups (broad SMARTS) is 1. The molecule has 3 heteroatoms. The molecule has 0 rings (SSSR count). The minimum absolute atomic E-state index is 0.523. The minimum Gasteiger partial charge on any atom is -0.478 e. The highest BCUT2D eigenvalue weighted by atomic mass is 16.4. The van der Waals surface area contributed by atoms with Crippen LogP contribution in [0.15, 0.2) is 11.6 Å². The van der Waals surface area contributed by atoms with Crippen LogP contribution in [-0.4, -0.2) is 35.1 Å². The summed E-state index contributed by atoms with van der Waals surface area (Å²) in [6.45, 7) is 12.5. The lowest BCUT2D eigenvalue weighted by Crippen LogP contribution is -2.37. The molecule has 3 nitrogen and oxygen atoms in total. The van der Waals surface area contributed by atoms with Crippen LogP contribution in [-0.2, 0) is 4.79 Å². The number of hydrogen-bond acceptors (Lipinski definition) is 2. The highest BCUT2D eigenvalue weighted by Crippen LogP contribution is 2.12. The van der Waals surface area contributed by atoms with Crippen LogP contribution in [0.5, 0.6) is 0 Å². The summed E-state index contributed by atoms with van der Waals surface area (Å²) in [5, 5.41) is 9.03. The van der Waals surface area contributed by atoms with Gasteiger partial charge in [0.2, 0.25) is 0 Å². The van der Waals surface area contributed by atoms with Crippen LogP contribution in [0.1, 0.15) is 53.9 Å². The Labute approximate surface area is 112 Å². The second kappa shape index (κ2) is 9.15. The summed E-state index contributed by atoms with van der Waals surface area (Å²) in [7, 11) is 0. The fourth-order valence-corrected chi connectivity index (χ4v) is 2.26. The molecule has 0 aromatic heterocycles. The third-order valence-electron chi connectivity index (χ3n) is 3.29. The van der Waals surface area contributed by atoms with Gasteiger partial charge in [-0.25, -0.2) is 4.79 Å². The molecule has 0 radical (unpaired) electrons. The van der Waals surface area contributed by atoms with E-state index in [1.165, 1.54) is 0 Å². The second-order valence-electron chi connectivity index (χ2n) is 5.21. The Hall–Kier alpha value is -0.830. The molecule has 0 aromatic rings. The Kier molecular flexibility index (Phi) is 8.73. The monoisotopic (exact) mass is 255 g/mol. The molecule has 0 unspecified atom stereocenters. The van der Waals surface area contributed by atoms with Gasteiger partial charge in [-0.15, -0.1) is 0 Å². The Bertz CT molecular complexity index is 268. The van der Waals surface area contributed by atoms with Crippen LogP contribution in [0.25, 0.3) is 0 Å². The Morgan fingerprint density at radius 2 is 1.78 bits per heavy atom. The first-order chi connectivity index (χ1) is 8.46. The van der Waals surface area contributed by atoms with E-state index in [1.54, 1.807) is 0 Å². The van der Waals surface area contributed by atoms with E-state index in [1.807, 2.05) is 13.0 Å². The zero-order valence-corrected chi connectivity index (χ0v) is 12.6. The highest BCUT2D eigenvalue weighted by molar-refractivity contribution is 5.86. The normalized spacial score (nSPS) is 12.8. The van der Waals surface area contributed by atoms with Crippen molar-refractivity contribution in [2.45, 2.75) is 59.9 Å². The van der Waals surface area contributed by atoms with E-state index in [0.29, 0.717) is 24.0 Å². The minimum atomic E-state index is -0.786. The van der Waals surface area contributed by atoms with Gasteiger partial charge in [-0.2, -0.15) is 0 Å². The molecule has 0 aliphatic heterocycles. The number of hydrogen-bond donors (Lipinski definition) is 1. The Balaban J connectivity index is 4.72. The van der Waals surface area contributed by atoms with Crippen molar-refractivity contribution in [1.82, 2.24) is 4.90 Å². The number of aliphatic carboxylic acids is 1. The average molecular weight is 255 g/mol. The molecule has 0 atom stereocenters. The quantitative estimate of drug-likeness (QED) is 0.640. The predicted octanol–water partition coefficient (Wildman–Crippen LogP) is 3.55. The van der Waals surface area contributed by atoms with Gasteiger partial charge in [-0.05, 0) is 25.2 Å². The molecule has 0 aromatic carbocycles. The molecule has 0 fully saturated rings. The fourth-order valence-electron chi connectivity index (χ4n) is 2.26. The molecule has 0 aliphatic carbocycles. The lowest BCUT2D eigenvalue weighted by molar-refractivity contribution is -0.132. The van der Waals surface area contributed by atoms with Gasteiger partial charge in [-0.3, -0.25) is 4.90 Å². The van der Waals surface area contributed by atoms with E-state index in [-0.39, 0.29) is 0 Å². The van der Waals surface area contributed by atoms with Gasteiger partial charge in [0, 0.05) is 24.7 Å². The summed E-state index contributed by atoms with van der Waals surface area (Å²) in [5.74, 6) is -0.180. The van der Waals surface area contributed by atoms with Crippen LogP contribution in [0.4, 0.5) is 0 Å². The second-order valence-corrected chi connectivity index (χ2v) is 5.21. The fraction of sp³-hybridized carbons (Fsp3) is 0.800. The van der Waals surface area contributed by atoms with Crippen LogP contribution in [0, 0.1) is 5.92 Å². The molecule has 0 saturated carbocycles. The predicted molar refractivity (Wildman–Crippen MR) is 76.8 cm³/mol. The van der Waals surface area contributed by atoms with Crippen molar-refractivity contribution in [1.29, 1.82) is 0 Å². The van der Waals surface area contributed by atoms with Crippen molar-refractivity contribution in [3.8, 4) is 0 Å². The lowest BCUT2D eigenvalue weighted by atomic mass is 10.1. The molecule has 0 bridgehead atoms. The standard InChI is InChI=1S/C15H29NO2/c1-6-13(15(17)18)9-10-16(11-12(4)5)14(7-2)8-3/h9,12,14H,6-8,10-11H2,1-5H3,(H,17,18). The molecule has 0 spiro atoms. The van der Waals surface area contributed by atoms with Crippen molar-refractivity contribution >= 4 is 5.97 Å². The van der Waals surface area contributed by atoms with Gasteiger partial charge in [-0.1, -0.05) is 40.7 Å². The van der Waals surface area contributed by atoms with Gasteiger partial charge in [0.25, 0.3) is 0 Å². The molecule has 1 N–H and O–H groups in total. The summed E-state index contributed by atoms with van der Waals surface area (Å²) in [4.78, 5) is 13.4. The largest absolute Gasteiger partial charge is 0.478 e. The lowest BCUT2D eigenvalue weighted by Gasteiger charge is -2.31. The van der Waals surface area contributed by atoms with Crippen molar-refractivity contribution < 1.29 is 9.90 Å². The summed E-state index contributed by atoms with van der Waals surface area (Å²) in [5.41, 5.74) is 0.523. The molecule has 0 saturated heterocycles. The maximum atomic E-state index is 11.0. The molecule has 106 valence electrons. The van der Waals surface area contributed by atoms with E-state index in [4.69, 9.17) is 5.11 Å². The van der Waals surface area contributed by atoms with Crippen LogP contribution < -0.4 is 0 Å². The SMILES string of the molecule is CCC(=CCN(CC(C)C)C(CC)CC)C(=O)O. The van der Waals surface area contributed by atoms with Crippen LogP contribution in [0.3, 0.4) is 0 Å². The Morgan fingerprint density at radius 3 is 2.11 bits per heavy atom. The summed E-state index contributed by atoms with van der Waals surface area (Å²) in [6.07, 6.45) is 4.70. The van der Waals surface area contributed by atoms with Crippen LogP contribution >= 0.6 is 0 Å². The smallest absolute Gasteiger partial charge is 0.331 e. The first-order valence-corrected chi connectivity index (χ1v) is 7.12. The van der Waals surface area contributed by atoms with Crippen LogP contribution in [0.2, 0.25) is 0 Å².